The van der Waals surface area contributed by atoms with E-state index in [0.29, 0.717) is 12.1 Å². The molecule has 0 amide bonds. The van der Waals surface area contributed by atoms with Gasteiger partial charge in [-0.2, -0.15) is 0 Å². The van der Waals surface area contributed by atoms with Crippen LogP contribution in [0.5, 0.6) is 0 Å². The standard InChI is InChI=1S/C15H24FNO/c1-3-4-5-6-7-8-11-15(2,18)14-10-9-13(16)12-17-14/h9-10,12,18H,3-8,11H2,1-2H3. The first-order chi connectivity index (χ1) is 8.56. The normalized spacial score (nSPS) is 14.4. The van der Waals surface area contributed by atoms with Gasteiger partial charge in [0, 0.05) is 0 Å². The first-order valence-corrected chi connectivity index (χ1v) is 6.90. The molecule has 1 heterocycles. The van der Waals surface area contributed by atoms with Crippen molar-refractivity contribution in [1.82, 2.24) is 4.98 Å². The average molecular weight is 253 g/mol. The molecule has 0 bridgehead atoms. The Bertz CT molecular complexity index is 335. The molecule has 1 atom stereocenters. The zero-order valence-electron chi connectivity index (χ0n) is 11.5. The highest BCUT2D eigenvalue weighted by Gasteiger charge is 2.23. The van der Waals surface area contributed by atoms with Crippen LogP contribution in [-0.2, 0) is 5.60 Å². The van der Waals surface area contributed by atoms with Gasteiger partial charge in [0.2, 0.25) is 0 Å². The molecular formula is C15H24FNO. The number of rotatable bonds is 8. The van der Waals surface area contributed by atoms with Crippen LogP contribution in [0.25, 0.3) is 0 Å². The van der Waals surface area contributed by atoms with Gasteiger partial charge in [-0.15, -0.1) is 0 Å². The van der Waals surface area contributed by atoms with Crippen molar-refractivity contribution >= 4 is 0 Å². The number of aromatic nitrogens is 1. The largest absolute Gasteiger partial charge is 0.384 e. The lowest BCUT2D eigenvalue weighted by atomic mass is 9.94. The predicted molar refractivity (Wildman–Crippen MR) is 71.8 cm³/mol. The highest BCUT2D eigenvalue weighted by atomic mass is 19.1. The van der Waals surface area contributed by atoms with Gasteiger partial charge in [-0.3, -0.25) is 4.98 Å². The van der Waals surface area contributed by atoms with Crippen LogP contribution >= 0.6 is 0 Å². The third kappa shape index (κ3) is 5.13. The van der Waals surface area contributed by atoms with Crippen LogP contribution in [0.3, 0.4) is 0 Å². The first-order valence-electron chi connectivity index (χ1n) is 6.90. The number of aliphatic hydroxyl groups is 1. The molecule has 2 nitrogen and oxygen atoms in total. The molecule has 0 fully saturated rings. The maximum absolute atomic E-state index is 12.8. The van der Waals surface area contributed by atoms with Crippen molar-refractivity contribution in [3.63, 3.8) is 0 Å². The quantitative estimate of drug-likeness (QED) is 0.705. The van der Waals surface area contributed by atoms with Crippen LogP contribution in [0.4, 0.5) is 4.39 Å². The SMILES string of the molecule is CCCCCCCCC(C)(O)c1ccc(F)cn1. The van der Waals surface area contributed by atoms with E-state index in [9.17, 15) is 9.50 Å². The molecule has 0 aliphatic rings. The van der Waals surface area contributed by atoms with Gasteiger partial charge in [0.1, 0.15) is 11.4 Å². The number of unbranched alkanes of at least 4 members (excludes halogenated alkanes) is 5. The summed E-state index contributed by atoms with van der Waals surface area (Å²) in [4.78, 5) is 3.95. The monoisotopic (exact) mass is 253 g/mol. The van der Waals surface area contributed by atoms with Crippen molar-refractivity contribution in [2.75, 3.05) is 0 Å². The van der Waals surface area contributed by atoms with Crippen LogP contribution in [0.2, 0.25) is 0 Å². The van der Waals surface area contributed by atoms with Gasteiger partial charge in [0.25, 0.3) is 0 Å². The smallest absolute Gasteiger partial charge is 0.141 e. The van der Waals surface area contributed by atoms with E-state index < -0.39 is 5.60 Å². The molecule has 3 heteroatoms. The molecule has 0 spiro atoms. The fourth-order valence-corrected chi connectivity index (χ4v) is 2.07. The van der Waals surface area contributed by atoms with Crippen molar-refractivity contribution in [2.45, 2.75) is 64.4 Å². The molecule has 1 aromatic rings. The maximum Gasteiger partial charge on any atom is 0.141 e. The van der Waals surface area contributed by atoms with Crippen LogP contribution in [0, 0.1) is 5.82 Å². The number of hydrogen-bond donors (Lipinski definition) is 1. The van der Waals surface area contributed by atoms with Crippen molar-refractivity contribution in [3.8, 4) is 0 Å². The Morgan fingerprint density at radius 1 is 1.17 bits per heavy atom. The summed E-state index contributed by atoms with van der Waals surface area (Å²) in [6, 6.07) is 2.91. The number of pyridine rings is 1. The number of nitrogens with zero attached hydrogens (tertiary/aromatic N) is 1. The summed E-state index contributed by atoms with van der Waals surface area (Å²) in [6.45, 7) is 3.95. The van der Waals surface area contributed by atoms with Crippen LogP contribution in [-0.4, -0.2) is 10.1 Å². The molecular weight excluding hydrogens is 229 g/mol. The molecule has 1 unspecified atom stereocenters. The van der Waals surface area contributed by atoms with E-state index in [1.807, 2.05) is 0 Å². The Labute approximate surface area is 109 Å². The Morgan fingerprint density at radius 2 is 1.83 bits per heavy atom. The number of halogens is 1. The van der Waals surface area contributed by atoms with Gasteiger partial charge in [0.05, 0.1) is 11.9 Å². The Hall–Kier alpha value is -0.960. The molecule has 18 heavy (non-hydrogen) atoms. The number of hydrogen-bond acceptors (Lipinski definition) is 2. The Kier molecular flexibility index (Phi) is 6.27. The molecule has 0 radical (unpaired) electrons. The molecule has 0 aliphatic carbocycles. The van der Waals surface area contributed by atoms with Crippen molar-refractivity contribution in [3.05, 3.63) is 29.8 Å². The topological polar surface area (TPSA) is 33.1 Å². The highest BCUT2D eigenvalue weighted by molar-refractivity contribution is 5.12. The Balaban J connectivity index is 2.33. The van der Waals surface area contributed by atoms with Gasteiger partial charge in [0.15, 0.2) is 0 Å². The summed E-state index contributed by atoms with van der Waals surface area (Å²) >= 11 is 0. The zero-order chi connectivity index (χ0) is 13.4. The second-order valence-electron chi connectivity index (χ2n) is 5.15. The lowest BCUT2D eigenvalue weighted by Crippen LogP contribution is -2.22. The van der Waals surface area contributed by atoms with E-state index in [-0.39, 0.29) is 5.82 Å². The summed E-state index contributed by atoms with van der Waals surface area (Å²) in [7, 11) is 0. The molecule has 1 rings (SSSR count). The minimum absolute atomic E-state index is 0.367. The summed E-state index contributed by atoms with van der Waals surface area (Å²) < 4.78 is 12.8. The predicted octanol–water partition coefficient (Wildman–Crippen LogP) is 4.18. The molecule has 0 aromatic carbocycles. The van der Waals surface area contributed by atoms with E-state index in [4.69, 9.17) is 0 Å². The third-order valence-corrected chi connectivity index (χ3v) is 3.30. The molecule has 102 valence electrons. The molecule has 0 aliphatic heterocycles. The van der Waals surface area contributed by atoms with Crippen LogP contribution < -0.4 is 0 Å². The second-order valence-corrected chi connectivity index (χ2v) is 5.15. The Morgan fingerprint density at radius 3 is 2.44 bits per heavy atom. The van der Waals surface area contributed by atoms with Gasteiger partial charge in [-0.25, -0.2) is 4.39 Å². The molecule has 1 aromatic heterocycles. The van der Waals surface area contributed by atoms with Gasteiger partial charge < -0.3 is 5.11 Å². The van der Waals surface area contributed by atoms with Gasteiger partial charge >= 0.3 is 0 Å². The zero-order valence-corrected chi connectivity index (χ0v) is 11.5. The van der Waals surface area contributed by atoms with E-state index in [2.05, 4.69) is 11.9 Å². The molecule has 0 saturated heterocycles. The summed E-state index contributed by atoms with van der Waals surface area (Å²) in [5.74, 6) is -0.367. The molecule has 0 saturated carbocycles. The minimum atomic E-state index is -0.946. The van der Waals surface area contributed by atoms with Crippen LogP contribution in [0.15, 0.2) is 18.3 Å². The second kappa shape index (κ2) is 7.47. The minimum Gasteiger partial charge on any atom is -0.384 e. The summed E-state index contributed by atoms with van der Waals surface area (Å²) in [5, 5.41) is 10.3. The fraction of sp³-hybridized carbons (Fsp3) is 0.667. The average Bonchev–Trinajstić information content (AvgIpc) is 2.34. The first kappa shape index (κ1) is 15.1. The van der Waals surface area contributed by atoms with Crippen LogP contribution in [0.1, 0.15) is 64.5 Å². The van der Waals surface area contributed by atoms with E-state index in [1.165, 1.54) is 31.7 Å². The van der Waals surface area contributed by atoms with Gasteiger partial charge in [-0.05, 0) is 25.5 Å². The molecule has 1 N–H and O–H groups in total. The van der Waals surface area contributed by atoms with Gasteiger partial charge in [-0.1, -0.05) is 45.4 Å². The van der Waals surface area contributed by atoms with E-state index in [1.54, 1.807) is 13.0 Å². The maximum atomic E-state index is 12.8. The van der Waals surface area contributed by atoms with E-state index in [0.717, 1.165) is 19.0 Å². The lowest BCUT2D eigenvalue weighted by Gasteiger charge is -2.22. The summed E-state index contributed by atoms with van der Waals surface area (Å²) in [5.41, 5.74) is -0.393. The van der Waals surface area contributed by atoms with E-state index >= 15 is 0 Å². The lowest BCUT2D eigenvalue weighted by molar-refractivity contribution is 0.0403. The third-order valence-electron chi connectivity index (χ3n) is 3.30. The van der Waals surface area contributed by atoms with Crippen molar-refractivity contribution < 1.29 is 9.50 Å². The highest BCUT2D eigenvalue weighted by Crippen LogP contribution is 2.25. The summed E-state index contributed by atoms with van der Waals surface area (Å²) in [6.07, 6.45) is 8.98. The van der Waals surface area contributed by atoms with Crippen molar-refractivity contribution in [1.29, 1.82) is 0 Å². The fourth-order valence-electron chi connectivity index (χ4n) is 2.07. The van der Waals surface area contributed by atoms with Crippen molar-refractivity contribution in [2.24, 2.45) is 0 Å².